The van der Waals surface area contributed by atoms with E-state index in [1.54, 1.807) is 11.9 Å². The van der Waals surface area contributed by atoms with Gasteiger partial charge in [0.15, 0.2) is 5.69 Å². The minimum atomic E-state index is -4.60. The van der Waals surface area contributed by atoms with E-state index in [0.29, 0.717) is 37.2 Å². The number of halogens is 3. The maximum Gasteiger partial charge on any atom is 0.433 e. The molecule has 1 fully saturated rings. The Kier molecular flexibility index (Phi) is 5.56. The molecular weight excluding hydrogens is 441 g/mol. The number of amidine groups is 1. The Morgan fingerprint density at radius 2 is 1.84 bits per heavy atom. The number of allylic oxidation sites excluding steroid dienone is 2. The van der Waals surface area contributed by atoms with E-state index in [1.807, 2.05) is 0 Å². The number of amides is 1. The van der Waals surface area contributed by atoms with Crippen LogP contribution in [0.3, 0.4) is 0 Å². The van der Waals surface area contributed by atoms with Crippen LogP contribution in [0.2, 0.25) is 0 Å². The molecule has 11 heteroatoms. The van der Waals surface area contributed by atoms with E-state index in [0.717, 1.165) is 36.7 Å². The van der Waals surface area contributed by atoms with Gasteiger partial charge in [0, 0.05) is 59.3 Å². The Morgan fingerprint density at radius 1 is 1.09 bits per heavy atom. The molecule has 172 valence electrons. The molecule has 1 aliphatic carbocycles. The summed E-state index contributed by atoms with van der Waals surface area (Å²) < 4.78 is 45.8. The molecule has 1 saturated heterocycles. The van der Waals surface area contributed by atoms with Crippen LogP contribution in [0.1, 0.15) is 21.7 Å². The molecule has 0 aromatic carbocycles. The van der Waals surface area contributed by atoms with Gasteiger partial charge in [0.1, 0.15) is 5.84 Å². The molecule has 0 saturated carbocycles. The molecule has 4 heterocycles. The first-order valence-electron chi connectivity index (χ1n) is 10.8. The second-order valence-electron chi connectivity index (χ2n) is 8.48. The van der Waals surface area contributed by atoms with Gasteiger partial charge >= 0.3 is 6.18 Å². The van der Waals surface area contributed by atoms with Crippen molar-refractivity contribution in [2.75, 3.05) is 45.8 Å². The van der Waals surface area contributed by atoms with Crippen molar-refractivity contribution in [2.24, 2.45) is 17.4 Å². The van der Waals surface area contributed by atoms with Crippen LogP contribution in [-0.2, 0) is 19.6 Å². The average Bonchev–Trinajstić information content (AvgIpc) is 3.34. The highest BCUT2D eigenvalue weighted by Gasteiger charge is 2.43. The zero-order valence-electron chi connectivity index (χ0n) is 17.8. The fraction of sp³-hybridized carbons (Fsp3) is 0.571. The number of carbonyl (C=O) groups excluding carboxylic acids is 1. The molecule has 0 N–H and O–H groups in total. The lowest BCUT2D eigenvalue weighted by atomic mass is 9.98. The Bertz CT molecular complexity index is 992. The third-order valence-electron chi connectivity index (χ3n) is 6.54. The van der Waals surface area contributed by atoms with Gasteiger partial charge in [0.05, 0.1) is 22.4 Å². The second-order valence-corrected chi connectivity index (χ2v) is 9.42. The second kappa shape index (κ2) is 8.26. The number of aromatic nitrogens is 2. The standard InChI is InChI=1S/C21H25F3N6OS/c1-27-18(21(22,23)24)17-15(25-27)6-7-30(20(17)31)13-10-28-8-11-29(12-9-28)19-14-4-2-3-5-16(14)32-26-19/h2-5,14,16H,6-13H2,1H3. The van der Waals surface area contributed by atoms with E-state index in [-0.39, 0.29) is 11.3 Å². The van der Waals surface area contributed by atoms with Crippen LogP contribution < -0.4 is 0 Å². The summed E-state index contributed by atoms with van der Waals surface area (Å²) in [7, 11) is 1.24. The highest BCUT2D eigenvalue weighted by atomic mass is 32.2. The number of hydrogen-bond acceptors (Lipinski definition) is 6. The lowest BCUT2D eigenvalue weighted by Crippen LogP contribution is -2.52. The summed E-state index contributed by atoms with van der Waals surface area (Å²) in [5.41, 5.74) is -0.984. The molecule has 0 spiro atoms. The molecule has 0 bridgehead atoms. The molecule has 2 atom stereocenters. The smallest absolute Gasteiger partial charge is 0.356 e. The number of hydrogen-bond donors (Lipinski definition) is 0. The molecule has 4 aliphatic rings. The predicted molar refractivity (Wildman–Crippen MR) is 116 cm³/mol. The van der Waals surface area contributed by atoms with Crippen LogP contribution in [0.5, 0.6) is 0 Å². The normalized spacial score (nSPS) is 25.9. The number of piperazine rings is 1. The fourth-order valence-corrected chi connectivity index (χ4v) is 5.82. The minimum absolute atomic E-state index is 0.245. The van der Waals surface area contributed by atoms with Crippen molar-refractivity contribution in [3.05, 3.63) is 41.3 Å². The molecule has 2 unspecified atom stereocenters. The number of fused-ring (bicyclic) bond motifs is 2. The summed E-state index contributed by atoms with van der Waals surface area (Å²) in [4.78, 5) is 19.0. The van der Waals surface area contributed by atoms with Gasteiger partial charge in [-0.2, -0.15) is 18.3 Å². The summed E-state index contributed by atoms with van der Waals surface area (Å²) in [6.45, 7) is 4.87. The van der Waals surface area contributed by atoms with E-state index in [9.17, 15) is 18.0 Å². The maximum atomic E-state index is 13.5. The zero-order chi connectivity index (χ0) is 22.5. The van der Waals surface area contributed by atoms with Crippen molar-refractivity contribution >= 4 is 23.7 Å². The van der Waals surface area contributed by atoms with Crippen LogP contribution in [-0.4, -0.2) is 87.3 Å². The van der Waals surface area contributed by atoms with E-state index in [2.05, 4.69) is 39.2 Å². The fourth-order valence-electron chi connectivity index (χ4n) is 4.85. The van der Waals surface area contributed by atoms with Gasteiger partial charge in [-0.1, -0.05) is 24.3 Å². The van der Waals surface area contributed by atoms with Gasteiger partial charge in [0.2, 0.25) is 0 Å². The van der Waals surface area contributed by atoms with Gasteiger partial charge in [-0.05, 0) is 11.9 Å². The Balaban J connectivity index is 1.16. The maximum absolute atomic E-state index is 13.5. The largest absolute Gasteiger partial charge is 0.433 e. The molecule has 1 aromatic rings. The number of alkyl halides is 3. The van der Waals surface area contributed by atoms with Crippen LogP contribution in [0.4, 0.5) is 13.2 Å². The first-order chi connectivity index (χ1) is 15.3. The summed E-state index contributed by atoms with van der Waals surface area (Å²) >= 11 is 1.62. The predicted octanol–water partition coefficient (Wildman–Crippen LogP) is 2.23. The third-order valence-corrected chi connectivity index (χ3v) is 7.53. The molecule has 0 radical (unpaired) electrons. The number of aryl methyl sites for hydroxylation is 1. The number of nitrogens with zero attached hydrogens (tertiary/aromatic N) is 6. The minimum Gasteiger partial charge on any atom is -0.356 e. The van der Waals surface area contributed by atoms with Crippen molar-refractivity contribution in [2.45, 2.75) is 17.8 Å². The van der Waals surface area contributed by atoms with Crippen molar-refractivity contribution in [3.63, 3.8) is 0 Å². The number of rotatable bonds is 3. The molecule has 5 rings (SSSR count). The average molecular weight is 467 g/mol. The molecule has 3 aliphatic heterocycles. The Hall–Kier alpha value is -2.27. The first-order valence-corrected chi connectivity index (χ1v) is 11.6. The monoisotopic (exact) mass is 466 g/mol. The Labute approximate surface area is 188 Å². The van der Waals surface area contributed by atoms with E-state index < -0.39 is 17.8 Å². The molecule has 7 nitrogen and oxygen atoms in total. The van der Waals surface area contributed by atoms with Crippen molar-refractivity contribution in [3.8, 4) is 0 Å². The van der Waals surface area contributed by atoms with Crippen LogP contribution in [0.25, 0.3) is 0 Å². The van der Waals surface area contributed by atoms with Gasteiger partial charge in [-0.3, -0.25) is 14.4 Å². The van der Waals surface area contributed by atoms with Crippen LogP contribution in [0, 0.1) is 5.92 Å². The summed E-state index contributed by atoms with van der Waals surface area (Å²) in [6, 6.07) is 0. The van der Waals surface area contributed by atoms with Gasteiger partial charge in [0.25, 0.3) is 5.91 Å². The topological polar surface area (TPSA) is 57.0 Å². The summed E-state index contributed by atoms with van der Waals surface area (Å²) in [6.07, 6.45) is 4.29. The molecule has 32 heavy (non-hydrogen) atoms. The van der Waals surface area contributed by atoms with Gasteiger partial charge < -0.3 is 9.80 Å². The highest BCUT2D eigenvalue weighted by Crippen LogP contribution is 2.36. The van der Waals surface area contributed by atoms with Crippen molar-refractivity contribution in [1.29, 1.82) is 0 Å². The lowest BCUT2D eigenvalue weighted by Gasteiger charge is -2.38. The molecular formula is C21H25F3N6OS. The molecule has 1 aromatic heterocycles. The Morgan fingerprint density at radius 3 is 2.59 bits per heavy atom. The van der Waals surface area contributed by atoms with E-state index in [4.69, 9.17) is 4.40 Å². The quantitative estimate of drug-likeness (QED) is 0.640. The van der Waals surface area contributed by atoms with Crippen molar-refractivity contribution < 1.29 is 18.0 Å². The van der Waals surface area contributed by atoms with Crippen LogP contribution >= 0.6 is 11.9 Å². The SMILES string of the molecule is Cn1nc2c(c1C(F)(F)F)C(=O)N(CCN1CCN(C3=NSC4C=CC=CC34)CC1)CC2. The lowest BCUT2D eigenvalue weighted by molar-refractivity contribution is -0.144. The first kappa shape index (κ1) is 21.6. The summed E-state index contributed by atoms with van der Waals surface area (Å²) in [5.74, 6) is 0.903. The molecule has 1 amide bonds. The zero-order valence-corrected chi connectivity index (χ0v) is 18.6. The third kappa shape index (κ3) is 3.85. The van der Waals surface area contributed by atoms with Crippen molar-refractivity contribution in [1.82, 2.24) is 24.5 Å². The van der Waals surface area contributed by atoms with E-state index in [1.165, 1.54) is 11.9 Å². The number of carbonyl (C=O) groups is 1. The van der Waals surface area contributed by atoms with Crippen LogP contribution in [0.15, 0.2) is 28.7 Å². The van der Waals surface area contributed by atoms with Gasteiger partial charge in [-0.25, -0.2) is 4.40 Å². The van der Waals surface area contributed by atoms with Gasteiger partial charge in [-0.15, -0.1) is 0 Å². The highest BCUT2D eigenvalue weighted by molar-refractivity contribution is 7.99. The summed E-state index contributed by atoms with van der Waals surface area (Å²) in [5, 5.41) is 4.32. The van der Waals surface area contributed by atoms with E-state index >= 15 is 0 Å².